The first-order chi connectivity index (χ1) is 11.2. The summed E-state index contributed by atoms with van der Waals surface area (Å²) < 4.78 is 5.11. The zero-order valence-corrected chi connectivity index (χ0v) is 13.1. The summed E-state index contributed by atoms with van der Waals surface area (Å²) >= 11 is 1.34. The summed E-state index contributed by atoms with van der Waals surface area (Å²) in [7, 11) is 0. The third kappa shape index (κ3) is 3.89. The monoisotopic (exact) mass is 330 g/mol. The zero-order chi connectivity index (χ0) is 16.1. The molecule has 1 aromatic carbocycles. The van der Waals surface area contributed by atoms with Gasteiger partial charge in [-0.2, -0.15) is 4.98 Å². The van der Waals surface area contributed by atoms with Crippen molar-refractivity contribution in [1.82, 2.24) is 25.7 Å². The maximum absolute atomic E-state index is 11.8. The summed E-state index contributed by atoms with van der Waals surface area (Å²) in [4.78, 5) is 16.0. The second kappa shape index (κ2) is 6.97. The van der Waals surface area contributed by atoms with E-state index in [2.05, 4.69) is 31.0 Å². The van der Waals surface area contributed by atoms with Crippen LogP contribution in [-0.4, -0.2) is 26.4 Å². The van der Waals surface area contributed by atoms with Gasteiger partial charge in [-0.05, 0) is 6.42 Å². The number of hydrogen-bond donors (Lipinski definition) is 2. The minimum atomic E-state index is -0.400. The molecule has 0 aliphatic heterocycles. The molecule has 2 heterocycles. The number of amides is 2. The van der Waals surface area contributed by atoms with Crippen molar-refractivity contribution >= 4 is 22.5 Å². The van der Waals surface area contributed by atoms with E-state index in [1.807, 2.05) is 37.3 Å². The number of anilines is 1. The number of nitrogens with zero attached hydrogens (tertiary/aromatic N) is 4. The van der Waals surface area contributed by atoms with Gasteiger partial charge < -0.3 is 9.84 Å². The van der Waals surface area contributed by atoms with Crippen LogP contribution in [0.4, 0.5) is 9.93 Å². The maximum Gasteiger partial charge on any atom is 0.321 e. The molecule has 2 aromatic heterocycles. The summed E-state index contributed by atoms with van der Waals surface area (Å²) in [6.07, 6.45) is 0.783. The molecule has 0 atom stereocenters. The lowest BCUT2D eigenvalue weighted by Crippen LogP contribution is -2.28. The van der Waals surface area contributed by atoms with Gasteiger partial charge in [0.1, 0.15) is 5.01 Å². The van der Waals surface area contributed by atoms with Crippen molar-refractivity contribution < 1.29 is 9.32 Å². The molecule has 0 fully saturated rings. The number of carbonyl (C=O) groups is 1. The van der Waals surface area contributed by atoms with Crippen LogP contribution in [0.1, 0.15) is 17.8 Å². The fourth-order valence-corrected chi connectivity index (χ4v) is 2.45. The van der Waals surface area contributed by atoms with E-state index in [-0.39, 0.29) is 6.54 Å². The predicted molar refractivity (Wildman–Crippen MR) is 84.9 cm³/mol. The van der Waals surface area contributed by atoms with Gasteiger partial charge in [0.05, 0.1) is 6.54 Å². The molecule has 0 aliphatic carbocycles. The Labute approximate surface area is 135 Å². The van der Waals surface area contributed by atoms with Crippen molar-refractivity contribution in [2.45, 2.75) is 19.9 Å². The van der Waals surface area contributed by atoms with Crippen molar-refractivity contribution in [3.05, 3.63) is 41.2 Å². The number of carbonyl (C=O) groups excluding carboxylic acids is 1. The predicted octanol–water partition coefficient (Wildman–Crippen LogP) is 2.47. The molecular weight excluding hydrogens is 316 g/mol. The van der Waals surface area contributed by atoms with Crippen molar-refractivity contribution in [2.24, 2.45) is 0 Å². The molecule has 23 heavy (non-hydrogen) atoms. The van der Waals surface area contributed by atoms with E-state index >= 15 is 0 Å². The molecule has 0 spiro atoms. The summed E-state index contributed by atoms with van der Waals surface area (Å²) in [6, 6.07) is 9.06. The molecule has 0 saturated carbocycles. The number of nitrogens with one attached hydrogen (secondary N) is 2. The SMILES string of the molecule is CCc1nnc(NC(=O)NCc2nc(-c3ccccc3)no2)s1. The summed E-state index contributed by atoms with van der Waals surface area (Å²) in [6.45, 7) is 2.11. The molecule has 3 rings (SSSR count). The van der Waals surface area contributed by atoms with Gasteiger partial charge in [0, 0.05) is 5.56 Å². The fraction of sp³-hybridized carbons (Fsp3) is 0.214. The van der Waals surface area contributed by atoms with Crippen molar-refractivity contribution in [3.63, 3.8) is 0 Å². The number of aryl methyl sites for hydroxylation is 1. The first-order valence-corrected chi connectivity index (χ1v) is 7.81. The Balaban J connectivity index is 1.54. The Hall–Kier alpha value is -2.81. The summed E-state index contributed by atoms with van der Waals surface area (Å²) in [5.41, 5.74) is 0.855. The molecule has 118 valence electrons. The molecule has 2 amide bonds. The number of urea groups is 1. The summed E-state index contributed by atoms with van der Waals surface area (Å²) in [5, 5.41) is 18.2. The van der Waals surface area contributed by atoms with Crippen LogP contribution in [-0.2, 0) is 13.0 Å². The van der Waals surface area contributed by atoms with Crippen LogP contribution in [0.3, 0.4) is 0 Å². The van der Waals surface area contributed by atoms with E-state index in [0.29, 0.717) is 16.8 Å². The van der Waals surface area contributed by atoms with E-state index in [1.165, 1.54) is 11.3 Å². The lowest BCUT2D eigenvalue weighted by Gasteiger charge is -2.01. The van der Waals surface area contributed by atoms with E-state index in [0.717, 1.165) is 17.0 Å². The molecule has 3 aromatic rings. The first kappa shape index (κ1) is 15.1. The van der Waals surface area contributed by atoms with Crippen molar-refractivity contribution in [2.75, 3.05) is 5.32 Å². The molecule has 2 N–H and O–H groups in total. The third-order valence-electron chi connectivity index (χ3n) is 2.89. The van der Waals surface area contributed by atoms with Crippen LogP contribution in [0.5, 0.6) is 0 Å². The summed E-state index contributed by atoms with van der Waals surface area (Å²) in [5.74, 6) is 0.810. The number of benzene rings is 1. The Bertz CT molecular complexity index is 785. The van der Waals surface area contributed by atoms with E-state index < -0.39 is 6.03 Å². The zero-order valence-electron chi connectivity index (χ0n) is 12.3. The minimum absolute atomic E-state index is 0.130. The maximum atomic E-state index is 11.8. The van der Waals surface area contributed by atoms with Crippen LogP contribution in [0, 0.1) is 0 Å². The van der Waals surface area contributed by atoms with Gasteiger partial charge in [-0.15, -0.1) is 10.2 Å². The Morgan fingerprint density at radius 3 is 2.83 bits per heavy atom. The van der Waals surface area contributed by atoms with Crippen LogP contribution < -0.4 is 10.6 Å². The topological polar surface area (TPSA) is 106 Å². The largest absolute Gasteiger partial charge is 0.337 e. The average molecular weight is 330 g/mol. The highest BCUT2D eigenvalue weighted by atomic mass is 32.1. The van der Waals surface area contributed by atoms with Crippen molar-refractivity contribution in [1.29, 1.82) is 0 Å². The molecule has 0 bridgehead atoms. The van der Waals surface area contributed by atoms with Gasteiger partial charge in [-0.3, -0.25) is 5.32 Å². The van der Waals surface area contributed by atoms with E-state index in [1.54, 1.807) is 0 Å². The number of hydrogen-bond acceptors (Lipinski definition) is 7. The third-order valence-corrected chi connectivity index (χ3v) is 3.87. The van der Waals surface area contributed by atoms with E-state index in [9.17, 15) is 4.79 Å². The lowest BCUT2D eigenvalue weighted by atomic mass is 10.2. The molecular formula is C14H14N6O2S. The van der Waals surface area contributed by atoms with Gasteiger partial charge in [-0.25, -0.2) is 4.79 Å². The minimum Gasteiger partial charge on any atom is -0.337 e. The Morgan fingerprint density at radius 2 is 2.09 bits per heavy atom. The second-order valence-electron chi connectivity index (χ2n) is 4.54. The molecule has 8 nitrogen and oxygen atoms in total. The van der Waals surface area contributed by atoms with Crippen LogP contribution in [0.15, 0.2) is 34.9 Å². The molecule has 0 radical (unpaired) electrons. The van der Waals surface area contributed by atoms with Crippen LogP contribution in [0.25, 0.3) is 11.4 Å². The van der Waals surface area contributed by atoms with Crippen molar-refractivity contribution in [3.8, 4) is 11.4 Å². The quantitative estimate of drug-likeness (QED) is 0.744. The molecule has 0 aliphatic rings. The van der Waals surface area contributed by atoms with Gasteiger partial charge in [0.25, 0.3) is 0 Å². The number of rotatable bonds is 5. The van der Waals surface area contributed by atoms with Crippen LogP contribution >= 0.6 is 11.3 Å². The first-order valence-electron chi connectivity index (χ1n) is 7.00. The normalized spacial score (nSPS) is 10.5. The Kier molecular flexibility index (Phi) is 4.57. The molecule has 0 unspecified atom stereocenters. The molecule has 9 heteroatoms. The van der Waals surface area contributed by atoms with Gasteiger partial charge in [0.2, 0.25) is 16.8 Å². The number of aromatic nitrogens is 4. The van der Waals surface area contributed by atoms with Gasteiger partial charge in [-0.1, -0.05) is 53.7 Å². The highest BCUT2D eigenvalue weighted by Crippen LogP contribution is 2.16. The van der Waals surface area contributed by atoms with Crippen LogP contribution in [0.2, 0.25) is 0 Å². The Morgan fingerprint density at radius 1 is 1.26 bits per heavy atom. The van der Waals surface area contributed by atoms with Gasteiger partial charge >= 0.3 is 6.03 Å². The average Bonchev–Trinajstić information content (AvgIpc) is 3.23. The van der Waals surface area contributed by atoms with Gasteiger partial charge in [0.15, 0.2) is 0 Å². The molecule has 0 saturated heterocycles. The highest BCUT2D eigenvalue weighted by molar-refractivity contribution is 7.15. The van der Waals surface area contributed by atoms with E-state index in [4.69, 9.17) is 4.52 Å². The smallest absolute Gasteiger partial charge is 0.321 e. The fourth-order valence-electron chi connectivity index (χ4n) is 1.78. The standard InChI is InChI=1S/C14H14N6O2S/c1-2-11-18-19-14(23-11)17-13(21)15-8-10-16-12(20-22-10)9-6-4-3-5-7-9/h3-7H,2,8H2,1H3,(H2,15,17,19,21). The lowest BCUT2D eigenvalue weighted by molar-refractivity contribution is 0.249. The highest BCUT2D eigenvalue weighted by Gasteiger charge is 2.11. The second-order valence-corrected chi connectivity index (χ2v) is 5.60.